The molecule has 3 rings (SSSR count). The number of hydrogen-bond donors (Lipinski definition) is 0. The third-order valence-corrected chi connectivity index (χ3v) is 4.38. The van der Waals surface area contributed by atoms with Crippen molar-refractivity contribution in [2.45, 2.75) is 27.4 Å². The zero-order valence-electron chi connectivity index (χ0n) is 16.3. The second-order valence-electron chi connectivity index (χ2n) is 6.55. The number of nitrogens with zero attached hydrogens (tertiary/aromatic N) is 2. The smallest absolute Gasteiger partial charge is 0.338 e. The average Bonchev–Trinajstić information content (AvgIpc) is 3.22. The molecule has 0 unspecified atom stereocenters. The van der Waals surface area contributed by atoms with Crippen molar-refractivity contribution >= 4 is 11.8 Å². The van der Waals surface area contributed by atoms with Crippen molar-refractivity contribution in [3.63, 3.8) is 0 Å². The van der Waals surface area contributed by atoms with Crippen molar-refractivity contribution in [3.8, 4) is 5.82 Å². The molecule has 0 radical (unpaired) electrons. The Balaban J connectivity index is 1.72. The van der Waals surface area contributed by atoms with E-state index in [9.17, 15) is 9.59 Å². The lowest BCUT2D eigenvalue weighted by atomic mass is 10.1. The van der Waals surface area contributed by atoms with Gasteiger partial charge in [0.1, 0.15) is 5.76 Å². The number of benzene rings is 1. The van der Waals surface area contributed by atoms with Gasteiger partial charge in [0.25, 0.3) is 0 Å². The van der Waals surface area contributed by atoms with Gasteiger partial charge in [-0.2, -0.15) is 0 Å². The highest BCUT2D eigenvalue weighted by Gasteiger charge is 2.20. The lowest BCUT2D eigenvalue weighted by Crippen LogP contribution is -2.15. The molecular formula is C21H22N2O5. The summed E-state index contributed by atoms with van der Waals surface area (Å²) in [7, 11) is 1.58. The summed E-state index contributed by atoms with van der Waals surface area (Å²) in [5.41, 5.74) is 3.28. The van der Waals surface area contributed by atoms with E-state index in [0.29, 0.717) is 35.0 Å². The normalized spacial score (nSPS) is 10.9. The first-order chi connectivity index (χ1) is 13.4. The maximum Gasteiger partial charge on any atom is 0.338 e. The van der Waals surface area contributed by atoms with Crippen LogP contribution in [0.1, 0.15) is 43.4 Å². The second-order valence-corrected chi connectivity index (χ2v) is 6.55. The predicted molar refractivity (Wildman–Crippen MR) is 102 cm³/mol. The van der Waals surface area contributed by atoms with Crippen molar-refractivity contribution in [1.82, 2.24) is 9.72 Å². The summed E-state index contributed by atoms with van der Waals surface area (Å²) < 4.78 is 17.2. The van der Waals surface area contributed by atoms with Gasteiger partial charge in [-0.1, -0.05) is 17.3 Å². The summed E-state index contributed by atoms with van der Waals surface area (Å²) in [5.74, 6) is 0.465. The molecule has 7 nitrogen and oxygen atoms in total. The van der Waals surface area contributed by atoms with Crippen LogP contribution < -0.4 is 0 Å². The molecule has 0 N–H and O–H groups in total. The van der Waals surface area contributed by atoms with E-state index in [4.69, 9.17) is 14.0 Å². The van der Waals surface area contributed by atoms with Crippen LogP contribution in [0, 0.1) is 20.8 Å². The van der Waals surface area contributed by atoms with Gasteiger partial charge in [0, 0.05) is 30.1 Å². The van der Waals surface area contributed by atoms with E-state index >= 15 is 0 Å². The molecule has 1 aromatic carbocycles. The zero-order valence-corrected chi connectivity index (χ0v) is 16.3. The van der Waals surface area contributed by atoms with Gasteiger partial charge in [-0.15, -0.1) is 0 Å². The summed E-state index contributed by atoms with van der Waals surface area (Å²) in [5, 5.41) is 4.00. The van der Waals surface area contributed by atoms with Gasteiger partial charge in [-0.3, -0.25) is 9.36 Å². The number of aromatic nitrogens is 2. The minimum absolute atomic E-state index is 0.277. The molecule has 0 atom stereocenters. The Labute approximate surface area is 162 Å². The van der Waals surface area contributed by atoms with E-state index in [1.807, 2.05) is 24.5 Å². The maximum absolute atomic E-state index is 12.6. The van der Waals surface area contributed by atoms with Crippen LogP contribution in [0.4, 0.5) is 0 Å². The number of Topliss-reactive ketones (excluding diaryl/α,β-unsaturated/α-hetero) is 1. The van der Waals surface area contributed by atoms with Crippen molar-refractivity contribution < 1.29 is 23.6 Å². The highest BCUT2D eigenvalue weighted by atomic mass is 16.5. The van der Waals surface area contributed by atoms with Crippen LogP contribution in [0.25, 0.3) is 5.82 Å². The number of carbonyl (C=O) groups excluding carboxylic acids is 2. The molecule has 146 valence electrons. The molecule has 3 aromatic rings. The number of esters is 1. The van der Waals surface area contributed by atoms with Crippen LogP contribution in [0.5, 0.6) is 0 Å². The largest absolute Gasteiger partial charge is 0.454 e. The molecule has 0 aliphatic carbocycles. The Morgan fingerprint density at radius 2 is 1.93 bits per heavy atom. The van der Waals surface area contributed by atoms with E-state index in [0.717, 1.165) is 11.3 Å². The van der Waals surface area contributed by atoms with Gasteiger partial charge in [-0.05, 0) is 44.5 Å². The van der Waals surface area contributed by atoms with Gasteiger partial charge >= 0.3 is 5.97 Å². The van der Waals surface area contributed by atoms with E-state index in [1.165, 1.54) is 0 Å². The fourth-order valence-electron chi connectivity index (χ4n) is 3.10. The highest BCUT2D eigenvalue weighted by Crippen LogP contribution is 2.21. The second kappa shape index (κ2) is 8.22. The zero-order chi connectivity index (χ0) is 20.3. The fourth-order valence-corrected chi connectivity index (χ4v) is 3.10. The summed E-state index contributed by atoms with van der Waals surface area (Å²) in [6.07, 6.45) is 0. The summed E-state index contributed by atoms with van der Waals surface area (Å²) >= 11 is 0. The van der Waals surface area contributed by atoms with Crippen LogP contribution >= 0.6 is 0 Å². The van der Waals surface area contributed by atoms with Gasteiger partial charge in [0.2, 0.25) is 5.78 Å². The number of aryl methyl sites for hydroxylation is 2. The van der Waals surface area contributed by atoms with Crippen LogP contribution in [-0.2, 0) is 16.1 Å². The number of ether oxygens (including phenoxy) is 2. The number of hydrogen-bond acceptors (Lipinski definition) is 6. The van der Waals surface area contributed by atoms with Gasteiger partial charge < -0.3 is 14.0 Å². The SMILES string of the molecule is COCc1cccc(C(=O)OCC(=O)c2cc(C)n(-c3cc(C)on3)c2C)c1. The number of rotatable bonds is 7. The molecular weight excluding hydrogens is 360 g/mol. The average molecular weight is 382 g/mol. The van der Waals surface area contributed by atoms with E-state index in [1.54, 1.807) is 44.4 Å². The molecule has 0 saturated carbocycles. The summed E-state index contributed by atoms with van der Waals surface area (Å²) in [6.45, 7) is 5.56. The standard InChI is InChI=1S/C21H22N2O5/c1-13-8-18(15(3)23(13)20-9-14(2)28-22-20)19(24)12-27-21(25)17-7-5-6-16(10-17)11-26-4/h5-10H,11-12H2,1-4H3. The van der Waals surface area contributed by atoms with Crippen molar-refractivity contribution in [1.29, 1.82) is 0 Å². The first-order valence-corrected chi connectivity index (χ1v) is 8.81. The molecule has 0 aliphatic heterocycles. The Bertz CT molecular complexity index is 1020. The van der Waals surface area contributed by atoms with Gasteiger partial charge in [-0.25, -0.2) is 4.79 Å². The van der Waals surface area contributed by atoms with E-state index < -0.39 is 5.97 Å². The number of carbonyl (C=O) groups is 2. The van der Waals surface area contributed by atoms with Crippen LogP contribution in [0.15, 0.2) is 40.9 Å². The molecule has 0 fully saturated rings. The highest BCUT2D eigenvalue weighted by molar-refractivity contribution is 6.00. The monoisotopic (exact) mass is 382 g/mol. The Hall–Kier alpha value is -3.19. The lowest BCUT2D eigenvalue weighted by molar-refractivity contribution is 0.0474. The molecule has 0 amide bonds. The molecule has 0 spiro atoms. The first-order valence-electron chi connectivity index (χ1n) is 8.81. The molecule has 0 bridgehead atoms. The van der Waals surface area contributed by atoms with Crippen LogP contribution in [-0.4, -0.2) is 35.2 Å². The minimum atomic E-state index is -0.549. The third kappa shape index (κ3) is 4.04. The molecule has 2 heterocycles. The summed E-state index contributed by atoms with van der Waals surface area (Å²) in [4.78, 5) is 24.9. The number of ketones is 1. The first kappa shape index (κ1) is 19.6. The van der Waals surface area contributed by atoms with E-state index in [2.05, 4.69) is 5.16 Å². The van der Waals surface area contributed by atoms with Crippen molar-refractivity contribution in [2.75, 3.05) is 13.7 Å². The van der Waals surface area contributed by atoms with E-state index in [-0.39, 0.29) is 12.4 Å². The Morgan fingerprint density at radius 3 is 2.61 bits per heavy atom. The summed E-state index contributed by atoms with van der Waals surface area (Å²) in [6, 6.07) is 10.5. The van der Waals surface area contributed by atoms with Crippen LogP contribution in [0.2, 0.25) is 0 Å². The van der Waals surface area contributed by atoms with Gasteiger partial charge in [0.15, 0.2) is 12.4 Å². The molecule has 0 aliphatic rings. The number of methoxy groups -OCH3 is 1. The Morgan fingerprint density at radius 1 is 1.14 bits per heavy atom. The molecule has 2 aromatic heterocycles. The lowest BCUT2D eigenvalue weighted by Gasteiger charge is -2.07. The maximum atomic E-state index is 12.6. The molecule has 0 saturated heterocycles. The minimum Gasteiger partial charge on any atom is -0.454 e. The quantitative estimate of drug-likeness (QED) is 0.459. The van der Waals surface area contributed by atoms with Crippen molar-refractivity contribution in [3.05, 3.63) is 70.2 Å². The van der Waals surface area contributed by atoms with Gasteiger partial charge in [0.05, 0.1) is 12.2 Å². The predicted octanol–water partition coefficient (Wildman–Crippen LogP) is 3.58. The van der Waals surface area contributed by atoms with Crippen LogP contribution in [0.3, 0.4) is 0 Å². The molecule has 7 heteroatoms. The fraction of sp³-hybridized carbons (Fsp3) is 0.286. The molecule has 28 heavy (non-hydrogen) atoms. The third-order valence-electron chi connectivity index (χ3n) is 4.38. The van der Waals surface area contributed by atoms with Crippen molar-refractivity contribution in [2.24, 2.45) is 0 Å². The Kier molecular flexibility index (Phi) is 5.75. The topological polar surface area (TPSA) is 83.6 Å².